The van der Waals surface area contributed by atoms with Crippen LogP contribution in [0.3, 0.4) is 0 Å². The van der Waals surface area contributed by atoms with E-state index in [0.29, 0.717) is 19.1 Å². The molecule has 2 fully saturated rings. The van der Waals surface area contributed by atoms with Crippen LogP contribution >= 0.6 is 0 Å². The molecule has 254 valence electrons. The average Bonchev–Trinajstić information content (AvgIpc) is 3.52. The molecule has 5 rings (SSSR count). The van der Waals surface area contributed by atoms with E-state index in [0.717, 1.165) is 29.7 Å². The summed E-state index contributed by atoms with van der Waals surface area (Å²) >= 11 is -2.54. The Morgan fingerprint density at radius 1 is 0.723 bits per heavy atom. The Balaban J connectivity index is 1.50. The summed E-state index contributed by atoms with van der Waals surface area (Å²) in [5.74, 6) is 0.314. The molecule has 0 N–H and O–H groups in total. The van der Waals surface area contributed by atoms with E-state index in [4.69, 9.17) is 18.9 Å². The van der Waals surface area contributed by atoms with E-state index in [-0.39, 0.29) is 18.5 Å². The van der Waals surface area contributed by atoms with Crippen molar-refractivity contribution in [1.82, 2.24) is 0 Å². The van der Waals surface area contributed by atoms with Gasteiger partial charge in [0.15, 0.2) is 0 Å². The molecule has 0 radical (unpaired) electrons. The summed E-state index contributed by atoms with van der Waals surface area (Å²) in [5, 5.41) is 0. The molecule has 47 heavy (non-hydrogen) atoms. The van der Waals surface area contributed by atoms with Gasteiger partial charge < -0.3 is 0 Å². The molecule has 0 aliphatic carbocycles. The molecule has 3 aromatic carbocycles. The van der Waals surface area contributed by atoms with Crippen LogP contribution in [0.2, 0.25) is 13.3 Å². The third-order valence-electron chi connectivity index (χ3n) is 10.4. The first-order valence-electron chi connectivity index (χ1n) is 18.5. The number of hydrogen-bond donors (Lipinski definition) is 0. The Bertz CT molecular complexity index is 1230. The Kier molecular flexibility index (Phi) is 14.0. The Morgan fingerprint density at radius 3 is 1.66 bits per heavy atom. The van der Waals surface area contributed by atoms with Crippen molar-refractivity contribution >= 4 is 18.4 Å². The Hall–Kier alpha value is -1.96. The summed E-state index contributed by atoms with van der Waals surface area (Å²) in [7, 11) is 0. The predicted molar refractivity (Wildman–Crippen MR) is 196 cm³/mol. The molecule has 4 atom stereocenters. The normalized spacial score (nSPS) is 22.4. The van der Waals surface area contributed by atoms with E-state index in [9.17, 15) is 0 Å². The summed E-state index contributed by atoms with van der Waals surface area (Å²) < 4.78 is 34.3. The van der Waals surface area contributed by atoms with Gasteiger partial charge in [0.25, 0.3) is 0 Å². The Labute approximate surface area is 289 Å². The molecule has 0 aromatic heterocycles. The topological polar surface area (TPSA) is 36.9 Å². The van der Waals surface area contributed by atoms with Gasteiger partial charge in [0.1, 0.15) is 0 Å². The number of benzene rings is 3. The van der Waals surface area contributed by atoms with Gasteiger partial charge in [-0.3, -0.25) is 0 Å². The molecule has 3 aromatic rings. The Morgan fingerprint density at radius 2 is 1.21 bits per heavy atom. The zero-order valence-corrected chi connectivity index (χ0v) is 32.2. The van der Waals surface area contributed by atoms with Gasteiger partial charge in [-0.1, -0.05) is 0 Å². The summed E-state index contributed by atoms with van der Waals surface area (Å²) in [4.78, 5) is 0. The molecule has 0 bridgehead atoms. The van der Waals surface area contributed by atoms with Gasteiger partial charge in [-0.05, 0) is 0 Å². The van der Waals surface area contributed by atoms with Crippen molar-refractivity contribution < 1.29 is 18.9 Å². The van der Waals surface area contributed by atoms with Crippen LogP contribution in [0.15, 0.2) is 101 Å². The molecule has 2 aliphatic rings. The fourth-order valence-electron chi connectivity index (χ4n) is 7.94. The van der Waals surface area contributed by atoms with Crippen molar-refractivity contribution in [3.63, 3.8) is 0 Å². The molecule has 0 amide bonds. The third-order valence-corrected chi connectivity index (χ3v) is 24.7. The SMILES string of the molecule is CCC[CH2][Sn](/[CH]=C1/CO[C@H]2[C@@H]1C[C@@H](OCC)O[C@@H]2COC(c1ccccc1)(c1ccccc1)c1ccccc1)([CH2]CCC)[CH2]CCC. The zero-order chi connectivity index (χ0) is 33.0. The van der Waals surface area contributed by atoms with Crippen molar-refractivity contribution in [2.75, 3.05) is 19.8 Å². The standard InChI is InChI=1S/C30H31O4.3C4H9.Sn/c1-3-31-28-19-26-22(2)20-32-29(26)27(34-28)21-33-30(23-13-7-4-8-14-23,24-15-9-5-10-16-24)25-17-11-6-12-18-25;3*1-3-4-2;/h2,4-18,26-29H,3,19-21H2,1H3;3*1,3-4H2,2H3;/t26-,27-,28+,29+;;;;/m1..../s1. The van der Waals surface area contributed by atoms with Crippen LogP contribution in [0, 0.1) is 5.92 Å². The van der Waals surface area contributed by atoms with Gasteiger partial charge >= 0.3 is 290 Å². The van der Waals surface area contributed by atoms with E-state index in [2.05, 4.69) is 123 Å². The van der Waals surface area contributed by atoms with Gasteiger partial charge in [0.05, 0.1) is 0 Å². The quantitative estimate of drug-likeness (QED) is 0.0960. The second-order valence-electron chi connectivity index (χ2n) is 13.7. The maximum absolute atomic E-state index is 7.29. The van der Waals surface area contributed by atoms with Gasteiger partial charge in [-0.15, -0.1) is 0 Å². The van der Waals surface area contributed by atoms with Crippen LogP contribution in [0.25, 0.3) is 0 Å². The number of unbranched alkanes of at least 4 members (excludes halogenated alkanes) is 3. The molecule has 2 heterocycles. The van der Waals surface area contributed by atoms with E-state index >= 15 is 0 Å². The van der Waals surface area contributed by atoms with Gasteiger partial charge in [-0.2, -0.15) is 0 Å². The van der Waals surface area contributed by atoms with Crippen LogP contribution in [0.5, 0.6) is 0 Å². The zero-order valence-electron chi connectivity index (χ0n) is 29.4. The fraction of sp³-hybridized carbons (Fsp3) is 0.524. The van der Waals surface area contributed by atoms with Crippen LogP contribution in [-0.4, -0.2) is 56.7 Å². The number of rotatable bonds is 18. The van der Waals surface area contributed by atoms with E-state index in [1.165, 1.54) is 51.8 Å². The molecule has 2 saturated heterocycles. The second-order valence-corrected chi connectivity index (χ2v) is 26.5. The summed E-state index contributed by atoms with van der Waals surface area (Å²) in [6.07, 6.45) is 8.28. The first-order valence-corrected chi connectivity index (χ1v) is 26.2. The second kappa shape index (κ2) is 18.2. The van der Waals surface area contributed by atoms with E-state index in [1.54, 1.807) is 5.57 Å². The summed E-state index contributed by atoms with van der Waals surface area (Å²) in [5.41, 5.74) is 4.04. The molecule has 4 nitrogen and oxygen atoms in total. The molecular weight excluding hydrogens is 687 g/mol. The molecule has 0 unspecified atom stereocenters. The summed E-state index contributed by atoms with van der Waals surface area (Å²) in [6.45, 7) is 10.9. The van der Waals surface area contributed by atoms with Crippen molar-refractivity contribution in [2.45, 2.75) is 110 Å². The first-order chi connectivity index (χ1) is 23.1. The van der Waals surface area contributed by atoms with Crippen molar-refractivity contribution in [3.05, 3.63) is 117 Å². The molecular formula is C42H58O4Sn. The third kappa shape index (κ3) is 8.80. The fourth-order valence-corrected chi connectivity index (χ4v) is 23.5. The minimum atomic E-state index is -2.54. The molecule has 2 aliphatic heterocycles. The molecule has 0 spiro atoms. The van der Waals surface area contributed by atoms with Crippen LogP contribution in [0.1, 0.15) is 89.3 Å². The van der Waals surface area contributed by atoms with Crippen LogP contribution in [0.4, 0.5) is 0 Å². The monoisotopic (exact) mass is 746 g/mol. The first kappa shape index (κ1) is 36.3. The van der Waals surface area contributed by atoms with Crippen molar-refractivity contribution in [2.24, 2.45) is 5.92 Å². The van der Waals surface area contributed by atoms with E-state index in [1.807, 2.05) is 0 Å². The number of fused-ring (bicyclic) bond motifs is 1. The van der Waals surface area contributed by atoms with Crippen LogP contribution in [-0.2, 0) is 24.5 Å². The average molecular weight is 746 g/mol. The predicted octanol–water partition coefficient (Wildman–Crippen LogP) is 10.5. The van der Waals surface area contributed by atoms with Crippen LogP contribution < -0.4 is 0 Å². The number of hydrogen-bond acceptors (Lipinski definition) is 4. The van der Waals surface area contributed by atoms with Crippen molar-refractivity contribution in [3.8, 4) is 0 Å². The van der Waals surface area contributed by atoms with Gasteiger partial charge in [-0.25, -0.2) is 0 Å². The molecule has 0 saturated carbocycles. The van der Waals surface area contributed by atoms with Crippen molar-refractivity contribution in [1.29, 1.82) is 0 Å². The van der Waals surface area contributed by atoms with Gasteiger partial charge in [0, 0.05) is 0 Å². The molecule has 5 heteroatoms. The summed E-state index contributed by atoms with van der Waals surface area (Å²) in [6, 6.07) is 31.9. The minimum absolute atomic E-state index is 0.0366. The van der Waals surface area contributed by atoms with E-state index < -0.39 is 24.0 Å². The van der Waals surface area contributed by atoms with Gasteiger partial charge in [0.2, 0.25) is 0 Å². The number of ether oxygens (including phenoxy) is 4. The maximum atomic E-state index is 7.29.